The van der Waals surface area contributed by atoms with E-state index >= 15 is 0 Å². The van der Waals surface area contributed by atoms with Crippen LogP contribution in [0.5, 0.6) is 0 Å². The Hall–Kier alpha value is -2.48. The Labute approximate surface area is 131 Å². The molecule has 1 amide bonds. The largest absolute Gasteiger partial charge is 0.368 e. The molecule has 0 spiro atoms. The van der Waals surface area contributed by atoms with Gasteiger partial charge in [-0.05, 0) is 23.8 Å². The van der Waals surface area contributed by atoms with Gasteiger partial charge in [-0.3, -0.25) is 9.10 Å². The van der Waals surface area contributed by atoms with Crippen LogP contribution < -0.4 is 10.0 Å². The molecule has 1 atom stereocenters. The van der Waals surface area contributed by atoms with E-state index in [4.69, 9.17) is 5.73 Å². The van der Waals surface area contributed by atoms with Crippen LogP contribution in [-0.2, 0) is 21.2 Å². The molecule has 23 heavy (non-hydrogen) atoms. The summed E-state index contributed by atoms with van der Waals surface area (Å²) < 4.78 is 53.4. The molecule has 2 N–H and O–H groups in total. The Morgan fingerprint density at radius 1 is 1.17 bits per heavy atom. The van der Waals surface area contributed by atoms with E-state index < -0.39 is 38.5 Å². The van der Waals surface area contributed by atoms with Crippen molar-refractivity contribution >= 4 is 21.6 Å². The minimum absolute atomic E-state index is 0.105. The number of hydrogen-bond acceptors (Lipinski definition) is 3. The highest BCUT2D eigenvalue weighted by molar-refractivity contribution is 7.93. The first-order chi connectivity index (χ1) is 10.8. The van der Waals surface area contributed by atoms with Crippen LogP contribution in [0.3, 0.4) is 0 Å². The van der Waals surface area contributed by atoms with E-state index in [0.717, 1.165) is 16.4 Å². The highest BCUT2D eigenvalue weighted by atomic mass is 32.2. The van der Waals surface area contributed by atoms with Crippen molar-refractivity contribution in [2.45, 2.75) is 17.4 Å². The lowest BCUT2D eigenvalue weighted by Gasteiger charge is -2.25. The summed E-state index contributed by atoms with van der Waals surface area (Å²) in [5, 5.41) is 0. The van der Waals surface area contributed by atoms with Gasteiger partial charge < -0.3 is 5.73 Å². The number of carbonyl (C=O) groups is 1. The predicted molar refractivity (Wildman–Crippen MR) is 79.2 cm³/mol. The second-order valence-corrected chi connectivity index (χ2v) is 6.91. The third-order valence-electron chi connectivity index (χ3n) is 3.68. The molecule has 0 radical (unpaired) electrons. The van der Waals surface area contributed by atoms with Crippen LogP contribution in [0, 0.1) is 11.6 Å². The first-order valence-electron chi connectivity index (χ1n) is 6.69. The number of hydrogen-bond donors (Lipinski definition) is 1. The Morgan fingerprint density at radius 3 is 2.52 bits per heavy atom. The minimum Gasteiger partial charge on any atom is -0.368 e. The average molecular weight is 338 g/mol. The van der Waals surface area contributed by atoms with Gasteiger partial charge in [-0.15, -0.1) is 0 Å². The van der Waals surface area contributed by atoms with Gasteiger partial charge in [0.15, 0.2) is 0 Å². The van der Waals surface area contributed by atoms with Crippen LogP contribution in [0.1, 0.15) is 5.56 Å². The molecule has 0 bridgehead atoms. The summed E-state index contributed by atoms with van der Waals surface area (Å²) in [6, 6.07) is 7.49. The molecule has 2 aromatic carbocycles. The Balaban J connectivity index is 2.19. The third kappa shape index (κ3) is 2.44. The van der Waals surface area contributed by atoms with E-state index in [0.29, 0.717) is 11.6 Å². The summed E-state index contributed by atoms with van der Waals surface area (Å²) in [6.07, 6.45) is 0.105. The molecule has 5 nitrogen and oxygen atoms in total. The van der Waals surface area contributed by atoms with Gasteiger partial charge >= 0.3 is 0 Å². The van der Waals surface area contributed by atoms with Crippen molar-refractivity contribution in [1.82, 2.24) is 0 Å². The second kappa shape index (κ2) is 5.31. The van der Waals surface area contributed by atoms with Crippen molar-refractivity contribution in [3.05, 3.63) is 59.7 Å². The van der Waals surface area contributed by atoms with Gasteiger partial charge in [0.05, 0.1) is 5.69 Å². The Kier molecular flexibility index (Phi) is 3.56. The fourth-order valence-corrected chi connectivity index (χ4v) is 4.37. The van der Waals surface area contributed by atoms with E-state index in [9.17, 15) is 22.0 Å². The first-order valence-corrected chi connectivity index (χ1v) is 8.13. The molecule has 1 heterocycles. The molecule has 0 saturated heterocycles. The number of primary amides is 1. The van der Waals surface area contributed by atoms with E-state index in [2.05, 4.69) is 0 Å². The van der Waals surface area contributed by atoms with Crippen molar-refractivity contribution in [3.8, 4) is 0 Å². The Morgan fingerprint density at radius 2 is 1.87 bits per heavy atom. The van der Waals surface area contributed by atoms with Crippen molar-refractivity contribution in [3.63, 3.8) is 0 Å². The van der Waals surface area contributed by atoms with Crippen LogP contribution in [0.25, 0.3) is 0 Å². The van der Waals surface area contributed by atoms with Crippen molar-refractivity contribution in [2.75, 3.05) is 4.31 Å². The maximum Gasteiger partial charge on any atom is 0.267 e. The van der Waals surface area contributed by atoms with E-state index in [1.165, 1.54) is 6.07 Å². The normalized spacial score (nSPS) is 17.1. The van der Waals surface area contributed by atoms with E-state index in [-0.39, 0.29) is 12.1 Å². The fourth-order valence-electron chi connectivity index (χ4n) is 2.66. The highest BCUT2D eigenvalue weighted by Crippen LogP contribution is 2.37. The molecule has 1 aliphatic rings. The van der Waals surface area contributed by atoms with Gasteiger partial charge in [0.1, 0.15) is 22.6 Å². The van der Waals surface area contributed by atoms with Crippen LogP contribution in [0.2, 0.25) is 0 Å². The summed E-state index contributed by atoms with van der Waals surface area (Å²) in [7, 11) is -4.40. The molecule has 0 aliphatic carbocycles. The second-order valence-electron chi connectivity index (χ2n) is 5.13. The monoisotopic (exact) mass is 338 g/mol. The smallest absolute Gasteiger partial charge is 0.267 e. The standard InChI is InChI=1S/C15H12F2N2O3S/c16-10-5-6-14(11(17)8-10)23(21,22)19-12-4-2-1-3-9(12)7-13(19)15(18)20/h1-6,8,13H,7H2,(H2,18,20)/t13-/m0/s1. The molecule has 0 fully saturated rings. The number of halogens is 2. The van der Waals surface area contributed by atoms with Crippen LogP contribution in [0.4, 0.5) is 14.5 Å². The summed E-state index contributed by atoms with van der Waals surface area (Å²) >= 11 is 0. The van der Waals surface area contributed by atoms with Gasteiger partial charge in [-0.1, -0.05) is 18.2 Å². The zero-order chi connectivity index (χ0) is 16.8. The number of rotatable bonds is 3. The highest BCUT2D eigenvalue weighted by Gasteiger charge is 2.42. The molecular weight excluding hydrogens is 326 g/mol. The number of carbonyl (C=O) groups excluding carboxylic acids is 1. The molecule has 2 aromatic rings. The maximum atomic E-state index is 13.9. The van der Waals surface area contributed by atoms with Crippen LogP contribution in [0.15, 0.2) is 47.4 Å². The first kappa shape index (κ1) is 15.4. The molecule has 3 rings (SSSR count). The Bertz CT molecular complexity index is 899. The zero-order valence-electron chi connectivity index (χ0n) is 11.7. The van der Waals surface area contributed by atoms with Crippen molar-refractivity contribution < 1.29 is 22.0 Å². The third-order valence-corrected chi connectivity index (χ3v) is 5.54. The lowest BCUT2D eigenvalue weighted by molar-refractivity contribution is -0.118. The van der Waals surface area contributed by atoms with Crippen LogP contribution >= 0.6 is 0 Å². The summed E-state index contributed by atoms with van der Waals surface area (Å²) in [5.41, 5.74) is 6.18. The lowest BCUT2D eigenvalue weighted by Crippen LogP contribution is -2.46. The van der Waals surface area contributed by atoms with E-state index in [1.54, 1.807) is 18.2 Å². The number of fused-ring (bicyclic) bond motifs is 1. The quantitative estimate of drug-likeness (QED) is 0.922. The van der Waals surface area contributed by atoms with Crippen LogP contribution in [-0.4, -0.2) is 20.4 Å². The summed E-state index contributed by atoms with van der Waals surface area (Å²) in [6.45, 7) is 0. The van der Waals surface area contributed by atoms with Crippen molar-refractivity contribution in [1.29, 1.82) is 0 Å². The zero-order valence-corrected chi connectivity index (χ0v) is 12.6. The number of amides is 1. The number of nitrogens with zero attached hydrogens (tertiary/aromatic N) is 1. The number of anilines is 1. The molecule has 0 saturated carbocycles. The summed E-state index contributed by atoms with van der Waals surface area (Å²) in [4.78, 5) is 11.0. The minimum atomic E-state index is -4.40. The predicted octanol–water partition coefficient (Wildman–Crippen LogP) is 1.57. The molecular formula is C15H12F2N2O3S. The number of nitrogens with two attached hydrogens (primary N) is 1. The van der Waals surface area contributed by atoms with E-state index in [1.807, 2.05) is 0 Å². The molecule has 120 valence electrons. The number of benzene rings is 2. The maximum absolute atomic E-state index is 13.9. The SMILES string of the molecule is NC(=O)[C@@H]1Cc2ccccc2N1S(=O)(=O)c1ccc(F)cc1F. The summed E-state index contributed by atoms with van der Waals surface area (Å²) in [5.74, 6) is -2.96. The fraction of sp³-hybridized carbons (Fsp3) is 0.133. The molecule has 1 aliphatic heterocycles. The van der Waals surface area contributed by atoms with Gasteiger partial charge in [0, 0.05) is 12.5 Å². The number of sulfonamides is 1. The molecule has 0 unspecified atom stereocenters. The average Bonchev–Trinajstić information content (AvgIpc) is 2.87. The topological polar surface area (TPSA) is 80.5 Å². The molecule has 8 heteroatoms. The van der Waals surface area contributed by atoms with Gasteiger partial charge in [0.2, 0.25) is 5.91 Å². The van der Waals surface area contributed by atoms with Gasteiger partial charge in [-0.2, -0.15) is 0 Å². The van der Waals surface area contributed by atoms with Gasteiger partial charge in [-0.25, -0.2) is 17.2 Å². The number of para-hydroxylation sites is 1. The lowest BCUT2D eigenvalue weighted by atomic mass is 10.1. The molecule has 0 aromatic heterocycles. The van der Waals surface area contributed by atoms with Gasteiger partial charge in [0.25, 0.3) is 10.0 Å². The van der Waals surface area contributed by atoms with Crippen molar-refractivity contribution in [2.24, 2.45) is 5.73 Å².